The van der Waals surface area contributed by atoms with Crippen molar-refractivity contribution < 1.29 is 22.4 Å². The van der Waals surface area contributed by atoms with Gasteiger partial charge in [-0.3, -0.25) is 0 Å². The molecule has 0 radical (unpaired) electrons. The zero-order valence-corrected chi connectivity index (χ0v) is 18.7. The average Bonchev–Trinajstić information content (AvgIpc) is 2.66. The molecule has 3 rings (SSSR count). The zero-order valence-electron chi connectivity index (χ0n) is 17.8. The van der Waals surface area contributed by atoms with E-state index in [2.05, 4.69) is 4.72 Å². The van der Waals surface area contributed by atoms with Crippen molar-refractivity contribution in [2.24, 2.45) is 5.92 Å². The normalized spacial score (nSPS) is 12.8. The SMILES string of the molecule is Cc1ccc(S(=O)(=O)N[C@@H](CC(C)C)C(=O)Oc2ccc3c(C)cc(=O)oc3c2)cc1. The summed E-state index contributed by atoms with van der Waals surface area (Å²) in [6.45, 7) is 7.40. The second-order valence-corrected chi connectivity index (χ2v) is 9.66. The maximum absolute atomic E-state index is 12.8. The van der Waals surface area contributed by atoms with Crippen LogP contribution in [0.25, 0.3) is 11.0 Å². The number of nitrogens with one attached hydrogen (secondary N) is 1. The number of carbonyl (C=O) groups is 1. The van der Waals surface area contributed by atoms with Crippen molar-refractivity contribution in [2.45, 2.75) is 45.1 Å². The van der Waals surface area contributed by atoms with E-state index in [0.717, 1.165) is 16.5 Å². The minimum atomic E-state index is -3.92. The number of rotatable bonds is 7. The molecule has 7 nitrogen and oxygen atoms in total. The Balaban J connectivity index is 1.85. The molecule has 2 aromatic carbocycles. The molecule has 1 N–H and O–H groups in total. The van der Waals surface area contributed by atoms with Crippen molar-refractivity contribution in [1.29, 1.82) is 0 Å². The molecule has 0 saturated carbocycles. The molecular weight excluding hydrogens is 418 g/mol. The van der Waals surface area contributed by atoms with Crippen LogP contribution in [0.4, 0.5) is 0 Å². The van der Waals surface area contributed by atoms with Gasteiger partial charge in [0.25, 0.3) is 0 Å². The van der Waals surface area contributed by atoms with Gasteiger partial charge in [0.05, 0.1) is 4.90 Å². The topological polar surface area (TPSA) is 103 Å². The highest BCUT2D eigenvalue weighted by Crippen LogP contribution is 2.23. The van der Waals surface area contributed by atoms with E-state index in [4.69, 9.17) is 9.15 Å². The van der Waals surface area contributed by atoms with Crippen LogP contribution < -0.4 is 15.1 Å². The standard InChI is InChI=1S/C23H25NO6S/c1-14(2)11-20(24-31(27,28)18-8-5-15(3)6-9-18)23(26)29-17-7-10-19-16(4)12-22(25)30-21(19)13-17/h5-10,12-14,20,24H,11H2,1-4H3/t20-/m0/s1. The van der Waals surface area contributed by atoms with Gasteiger partial charge < -0.3 is 9.15 Å². The van der Waals surface area contributed by atoms with Gasteiger partial charge in [-0.15, -0.1) is 0 Å². The van der Waals surface area contributed by atoms with Gasteiger partial charge in [-0.05, 0) is 56.0 Å². The quantitative estimate of drug-likeness (QED) is 0.339. The van der Waals surface area contributed by atoms with E-state index in [1.807, 2.05) is 20.8 Å². The van der Waals surface area contributed by atoms with E-state index in [9.17, 15) is 18.0 Å². The Morgan fingerprint density at radius 2 is 1.74 bits per heavy atom. The number of aryl methyl sites for hydroxylation is 2. The van der Waals surface area contributed by atoms with Gasteiger partial charge in [0.2, 0.25) is 10.0 Å². The van der Waals surface area contributed by atoms with Crippen LogP contribution in [0, 0.1) is 19.8 Å². The van der Waals surface area contributed by atoms with Crippen LogP contribution in [0.3, 0.4) is 0 Å². The molecule has 0 aliphatic carbocycles. The third kappa shape index (κ3) is 5.59. The molecule has 0 saturated heterocycles. The second kappa shape index (κ2) is 9.03. The summed E-state index contributed by atoms with van der Waals surface area (Å²) in [5.74, 6) is -0.538. The van der Waals surface area contributed by atoms with Crippen molar-refractivity contribution in [3.63, 3.8) is 0 Å². The van der Waals surface area contributed by atoms with Crippen LogP contribution in [0.15, 0.2) is 62.6 Å². The second-order valence-electron chi connectivity index (χ2n) is 7.94. The number of hydrogen-bond acceptors (Lipinski definition) is 6. The third-order valence-corrected chi connectivity index (χ3v) is 6.25. The summed E-state index contributed by atoms with van der Waals surface area (Å²) >= 11 is 0. The lowest BCUT2D eigenvalue weighted by atomic mass is 10.0. The average molecular weight is 444 g/mol. The van der Waals surface area contributed by atoms with E-state index in [-0.39, 0.29) is 28.6 Å². The zero-order chi connectivity index (χ0) is 22.8. The molecule has 1 atom stereocenters. The highest BCUT2D eigenvalue weighted by atomic mass is 32.2. The summed E-state index contributed by atoms with van der Waals surface area (Å²) in [6.07, 6.45) is 0.256. The molecule has 0 amide bonds. The maximum atomic E-state index is 12.8. The highest BCUT2D eigenvalue weighted by molar-refractivity contribution is 7.89. The van der Waals surface area contributed by atoms with E-state index in [0.29, 0.717) is 0 Å². The monoisotopic (exact) mass is 443 g/mol. The number of ether oxygens (including phenoxy) is 1. The van der Waals surface area contributed by atoms with E-state index >= 15 is 0 Å². The lowest BCUT2D eigenvalue weighted by molar-refractivity contribution is -0.136. The Morgan fingerprint density at radius 3 is 2.39 bits per heavy atom. The van der Waals surface area contributed by atoms with Crippen LogP contribution >= 0.6 is 0 Å². The van der Waals surface area contributed by atoms with Crippen molar-refractivity contribution in [3.8, 4) is 5.75 Å². The molecule has 0 spiro atoms. The number of hydrogen-bond donors (Lipinski definition) is 1. The molecule has 1 heterocycles. The van der Waals surface area contributed by atoms with Gasteiger partial charge in [0.15, 0.2) is 0 Å². The predicted octanol–water partition coefficient (Wildman–Crippen LogP) is 3.71. The maximum Gasteiger partial charge on any atom is 0.336 e. The molecule has 0 fully saturated rings. The van der Waals surface area contributed by atoms with Crippen molar-refractivity contribution in [1.82, 2.24) is 4.72 Å². The Morgan fingerprint density at radius 1 is 1.06 bits per heavy atom. The summed E-state index contributed by atoms with van der Waals surface area (Å²) < 4.78 is 38.6. The van der Waals surface area contributed by atoms with Gasteiger partial charge in [-0.25, -0.2) is 18.0 Å². The molecule has 164 valence electrons. The van der Waals surface area contributed by atoms with Gasteiger partial charge in [-0.1, -0.05) is 31.5 Å². The van der Waals surface area contributed by atoms with E-state index < -0.39 is 27.7 Å². The first-order chi connectivity index (χ1) is 14.5. The Kier molecular flexibility index (Phi) is 6.62. The summed E-state index contributed by atoms with van der Waals surface area (Å²) in [5, 5.41) is 0.721. The molecule has 3 aromatic rings. The molecule has 0 aliphatic heterocycles. The number of carbonyl (C=O) groups excluding carboxylic acids is 1. The molecule has 0 bridgehead atoms. The lowest BCUT2D eigenvalue weighted by Crippen LogP contribution is -2.43. The van der Waals surface area contributed by atoms with E-state index in [1.54, 1.807) is 31.2 Å². The third-order valence-electron chi connectivity index (χ3n) is 4.76. The van der Waals surface area contributed by atoms with Crippen LogP contribution in [-0.4, -0.2) is 20.4 Å². The first kappa shape index (κ1) is 22.7. The molecular formula is C23H25NO6S. The number of fused-ring (bicyclic) bond motifs is 1. The lowest BCUT2D eigenvalue weighted by Gasteiger charge is -2.19. The fraction of sp³-hybridized carbons (Fsp3) is 0.304. The first-order valence-corrected chi connectivity index (χ1v) is 11.4. The van der Waals surface area contributed by atoms with Gasteiger partial charge >= 0.3 is 11.6 Å². The fourth-order valence-corrected chi connectivity index (χ4v) is 4.39. The van der Waals surface area contributed by atoms with Crippen molar-refractivity contribution in [2.75, 3.05) is 0 Å². The molecule has 0 aliphatic rings. The smallest absolute Gasteiger partial charge is 0.336 e. The first-order valence-electron chi connectivity index (χ1n) is 9.90. The summed E-state index contributed by atoms with van der Waals surface area (Å²) in [4.78, 5) is 24.5. The van der Waals surface area contributed by atoms with Gasteiger partial charge in [0, 0.05) is 17.5 Å². The van der Waals surface area contributed by atoms with Crippen LogP contribution in [-0.2, 0) is 14.8 Å². The minimum Gasteiger partial charge on any atom is -0.425 e. The van der Waals surface area contributed by atoms with Crippen LogP contribution in [0.1, 0.15) is 31.4 Å². The number of sulfonamides is 1. The number of benzene rings is 2. The summed E-state index contributed by atoms with van der Waals surface area (Å²) in [5.41, 5.74) is 1.45. The van der Waals surface area contributed by atoms with E-state index in [1.165, 1.54) is 24.3 Å². The molecule has 1 aromatic heterocycles. The minimum absolute atomic E-state index is 0.0375. The molecule has 31 heavy (non-hydrogen) atoms. The molecule has 8 heteroatoms. The summed E-state index contributed by atoms with van der Waals surface area (Å²) in [6, 6.07) is 11.4. The largest absolute Gasteiger partial charge is 0.425 e. The molecule has 0 unspecified atom stereocenters. The predicted molar refractivity (Wildman–Crippen MR) is 118 cm³/mol. The van der Waals surface area contributed by atoms with Crippen molar-refractivity contribution in [3.05, 3.63) is 70.1 Å². The fourth-order valence-electron chi connectivity index (χ4n) is 3.19. The highest BCUT2D eigenvalue weighted by Gasteiger charge is 2.28. The van der Waals surface area contributed by atoms with Crippen LogP contribution in [0.2, 0.25) is 0 Å². The Bertz CT molecular complexity index is 1260. The van der Waals surface area contributed by atoms with Crippen molar-refractivity contribution >= 4 is 27.0 Å². The Labute approximate surface area is 181 Å². The Hall–Kier alpha value is -2.97. The summed E-state index contributed by atoms with van der Waals surface area (Å²) in [7, 11) is -3.92. The van der Waals surface area contributed by atoms with Gasteiger partial charge in [0.1, 0.15) is 17.4 Å². The van der Waals surface area contributed by atoms with Crippen LogP contribution in [0.5, 0.6) is 5.75 Å². The number of esters is 1. The van der Waals surface area contributed by atoms with Gasteiger partial charge in [-0.2, -0.15) is 4.72 Å².